The number of thiazole rings is 1. The summed E-state index contributed by atoms with van der Waals surface area (Å²) in [6.45, 7) is 2.74. The third kappa shape index (κ3) is 3.90. The van der Waals surface area contributed by atoms with Crippen molar-refractivity contribution in [3.05, 3.63) is 50.4 Å². The van der Waals surface area contributed by atoms with E-state index >= 15 is 0 Å². The predicted octanol–water partition coefficient (Wildman–Crippen LogP) is 3.57. The monoisotopic (exact) mass is 324 g/mol. The minimum atomic E-state index is 0.459. The van der Waals surface area contributed by atoms with Gasteiger partial charge in [0.05, 0.1) is 10.7 Å². The smallest absolute Gasteiger partial charge is 0.0897 e. The van der Waals surface area contributed by atoms with Crippen LogP contribution in [0.5, 0.6) is 0 Å². The van der Waals surface area contributed by atoms with Gasteiger partial charge in [0, 0.05) is 9.85 Å². The Morgan fingerprint density at radius 1 is 1.39 bits per heavy atom. The van der Waals surface area contributed by atoms with Gasteiger partial charge in [0.25, 0.3) is 0 Å². The van der Waals surface area contributed by atoms with E-state index in [1.165, 1.54) is 11.3 Å². The van der Waals surface area contributed by atoms with Gasteiger partial charge in [-0.25, -0.2) is 4.98 Å². The van der Waals surface area contributed by atoms with Gasteiger partial charge in [0.15, 0.2) is 0 Å². The van der Waals surface area contributed by atoms with Gasteiger partial charge in [-0.3, -0.25) is 0 Å². The Hall–Kier alpha value is -0.710. The molecular weight excluding hydrogens is 308 g/mol. The second kappa shape index (κ2) is 6.45. The lowest BCUT2D eigenvalue weighted by Crippen LogP contribution is -2.19. The fourth-order valence-electron chi connectivity index (χ4n) is 2.03. The highest BCUT2D eigenvalue weighted by molar-refractivity contribution is 9.10. The van der Waals surface area contributed by atoms with E-state index in [1.807, 2.05) is 13.0 Å². The summed E-state index contributed by atoms with van der Waals surface area (Å²) in [4.78, 5) is 4.51. The fourth-order valence-corrected chi connectivity index (χ4v) is 3.11. The summed E-state index contributed by atoms with van der Waals surface area (Å²) in [7, 11) is 0. The average Bonchev–Trinajstić information content (AvgIpc) is 2.74. The lowest BCUT2D eigenvalue weighted by molar-refractivity contribution is 0.527. The van der Waals surface area contributed by atoms with Crippen molar-refractivity contribution in [2.24, 2.45) is 11.7 Å². The van der Waals surface area contributed by atoms with E-state index in [0.29, 0.717) is 12.5 Å². The average molecular weight is 325 g/mol. The van der Waals surface area contributed by atoms with Gasteiger partial charge >= 0.3 is 0 Å². The first kappa shape index (κ1) is 13.7. The summed E-state index contributed by atoms with van der Waals surface area (Å²) < 4.78 is 1.13. The largest absolute Gasteiger partial charge is 0.330 e. The molecule has 1 aromatic carbocycles. The number of hydrogen-bond acceptors (Lipinski definition) is 3. The van der Waals surface area contributed by atoms with E-state index in [9.17, 15) is 0 Å². The van der Waals surface area contributed by atoms with Crippen LogP contribution in [-0.4, -0.2) is 11.5 Å². The van der Waals surface area contributed by atoms with Gasteiger partial charge in [0.2, 0.25) is 0 Å². The molecule has 1 unspecified atom stereocenters. The number of halogens is 1. The highest BCUT2D eigenvalue weighted by atomic mass is 79.9. The van der Waals surface area contributed by atoms with Crippen molar-refractivity contribution in [1.82, 2.24) is 4.98 Å². The molecule has 0 amide bonds. The Morgan fingerprint density at radius 3 is 2.83 bits per heavy atom. The lowest BCUT2D eigenvalue weighted by Gasteiger charge is -2.13. The summed E-state index contributed by atoms with van der Waals surface area (Å²) in [6, 6.07) is 8.43. The topological polar surface area (TPSA) is 38.9 Å². The van der Waals surface area contributed by atoms with Crippen LogP contribution >= 0.6 is 27.3 Å². The van der Waals surface area contributed by atoms with Crippen LogP contribution in [0, 0.1) is 12.8 Å². The van der Waals surface area contributed by atoms with Gasteiger partial charge in [-0.1, -0.05) is 28.1 Å². The summed E-state index contributed by atoms with van der Waals surface area (Å²) in [6.07, 6.45) is 1.97. The third-order valence-electron chi connectivity index (χ3n) is 2.91. The van der Waals surface area contributed by atoms with Gasteiger partial charge in [-0.2, -0.15) is 0 Å². The summed E-state index contributed by atoms with van der Waals surface area (Å²) in [5, 5.41) is 3.27. The molecule has 0 aliphatic carbocycles. The molecule has 0 radical (unpaired) electrons. The van der Waals surface area contributed by atoms with Crippen molar-refractivity contribution in [3.63, 3.8) is 0 Å². The van der Waals surface area contributed by atoms with Crippen LogP contribution in [0.25, 0.3) is 0 Å². The zero-order valence-corrected chi connectivity index (χ0v) is 12.8. The maximum Gasteiger partial charge on any atom is 0.0897 e. The third-order valence-corrected chi connectivity index (χ3v) is 4.23. The summed E-state index contributed by atoms with van der Waals surface area (Å²) >= 11 is 5.21. The van der Waals surface area contributed by atoms with E-state index < -0.39 is 0 Å². The van der Waals surface area contributed by atoms with Gasteiger partial charge in [-0.15, -0.1) is 11.3 Å². The molecule has 18 heavy (non-hydrogen) atoms. The normalized spacial score (nSPS) is 12.6. The Kier molecular flexibility index (Phi) is 4.92. The van der Waals surface area contributed by atoms with E-state index in [4.69, 9.17) is 5.73 Å². The number of rotatable bonds is 5. The Balaban J connectivity index is 2.01. The van der Waals surface area contributed by atoms with E-state index in [-0.39, 0.29) is 0 Å². The molecule has 2 rings (SSSR count). The molecular formula is C14H17BrN2S. The zero-order valence-electron chi connectivity index (χ0n) is 10.4. The number of nitrogens with zero attached hydrogens (tertiary/aromatic N) is 1. The van der Waals surface area contributed by atoms with Crippen molar-refractivity contribution in [2.45, 2.75) is 19.8 Å². The molecule has 0 fully saturated rings. The van der Waals surface area contributed by atoms with E-state index in [1.54, 1.807) is 11.3 Å². The maximum atomic E-state index is 5.88. The number of aryl methyl sites for hydroxylation is 1. The zero-order chi connectivity index (χ0) is 13.0. The van der Waals surface area contributed by atoms with Crippen molar-refractivity contribution >= 4 is 27.3 Å². The SMILES string of the molecule is Cc1nc(CC(CN)Cc2cccc(Br)c2)cs1. The molecule has 2 aromatic rings. The number of aromatic nitrogens is 1. The number of nitrogens with two attached hydrogens (primary N) is 1. The van der Waals surface area contributed by atoms with Crippen LogP contribution in [0.15, 0.2) is 34.1 Å². The first-order chi connectivity index (χ1) is 8.67. The first-order valence-corrected chi connectivity index (χ1v) is 7.70. The van der Waals surface area contributed by atoms with Crippen LogP contribution in [0.4, 0.5) is 0 Å². The molecule has 1 aromatic heterocycles. The van der Waals surface area contributed by atoms with Crippen molar-refractivity contribution in [1.29, 1.82) is 0 Å². The maximum absolute atomic E-state index is 5.88. The molecule has 4 heteroatoms. The molecule has 0 spiro atoms. The first-order valence-electron chi connectivity index (χ1n) is 6.03. The second-order valence-corrected chi connectivity index (χ2v) is 6.48. The molecule has 2 nitrogen and oxygen atoms in total. The number of hydrogen-bond donors (Lipinski definition) is 1. The van der Waals surface area contributed by atoms with Crippen LogP contribution in [0.3, 0.4) is 0 Å². The van der Waals surface area contributed by atoms with Crippen molar-refractivity contribution in [3.8, 4) is 0 Å². The molecule has 0 saturated heterocycles. The molecule has 0 saturated carbocycles. The van der Waals surface area contributed by atoms with Crippen molar-refractivity contribution < 1.29 is 0 Å². The van der Waals surface area contributed by atoms with Crippen LogP contribution in [-0.2, 0) is 12.8 Å². The van der Waals surface area contributed by atoms with Gasteiger partial charge in [0.1, 0.15) is 0 Å². The van der Waals surface area contributed by atoms with E-state index in [2.05, 4.69) is 44.5 Å². The molecule has 96 valence electrons. The summed E-state index contributed by atoms with van der Waals surface area (Å²) in [5.41, 5.74) is 8.37. The van der Waals surface area contributed by atoms with Gasteiger partial charge < -0.3 is 5.73 Å². The highest BCUT2D eigenvalue weighted by Gasteiger charge is 2.11. The van der Waals surface area contributed by atoms with Crippen LogP contribution in [0.2, 0.25) is 0 Å². The predicted molar refractivity (Wildman–Crippen MR) is 80.9 cm³/mol. The van der Waals surface area contributed by atoms with Gasteiger partial charge in [-0.05, 0) is 49.9 Å². The second-order valence-electron chi connectivity index (χ2n) is 4.50. The highest BCUT2D eigenvalue weighted by Crippen LogP contribution is 2.18. The Morgan fingerprint density at radius 2 is 2.22 bits per heavy atom. The van der Waals surface area contributed by atoms with E-state index in [0.717, 1.165) is 22.3 Å². The molecule has 0 aliphatic heterocycles. The summed E-state index contributed by atoms with van der Waals surface area (Å²) in [5.74, 6) is 0.459. The molecule has 0 aliphatic rings. The quantitative estimate of drug-likeness (QED) is 0.913. The molecule has 1 atom stereocenters. The fraction of sp³-hybridized carbons (Fsp3) is 0.357. The minimum Gasteiger partial charge on any atom is -0.330 e. The molecule has 1 heterocycles. The standard InChI is InChI=1S/C14H17BrN2S/c1-10-17-14(9-18-10)7-12(8-16)5-11-3-2-4-13(15)6-11/h2-4,6,9,12H,5,7-8,16H2,1H3. The molecule has 2 N–H and O–H groups in total. The van der Waals surface area contributed by atoms with Crippen molar-refractivity contribution in [2.75, 3.05) is 6.54 Å². The van der Waals surface area contributed by atoms with Crippen LogP contribution < -0.4 is 5.73 Å². The Labute approximate surface area is 120 Å². The number of benzene rings is 1. The Bertz CT molecular complexity index is 510. The molecule has 0 bridgehead atoms. The minimum absolute atomic E-state index is 0.459. The van der Waals surface area contributed by atoms with Crippen LogP contribution in [0.1, 0.15) is 16.3 Å². The lowest BCUT2D eigenvalue weighted by atomic mass is 9.95.